The van der Waals surface area contributed by atoms with Crippen molar-refractivity contribution in [2.24, 2.45) is 11.7 Å². The Hall–Kier alpha value is -0.610. The minimum atomic E-state index is 0. The van der Waals surface area contributed by atoms with Crippen LogP contribution in [0.5, 0.6) is 0 Å². The summed E-state index contributed by atoms with van der Waals surface area (Å²) in [6.07, 6.45) is 2.11. The molecule has 1 aliphatic heterocycles. The van der Waals surface area contributed by atoms with Gasteiger partial charge in [-0.1, -0.05) is 50.4 Å². The molecule has 24 heavy (non-hydrogen) atoms. The minimum absolute atomic E-state index is 0. The van der Waals surface area contributed by atoms with Crippen LogP contribution in [0.3, 0.4) is 0 Å². The summed E-state index contributed by atoms with van der Waals surface area (Å²) in [5.74, 6) is 1.40. The van der Waals surface area contributed by atoms with E-state index in [9.17, 15) is 0 Å². The summed E-state index contributed by atoms with van der Waals surface area (Å²) in [7, 11) is 0. The second-order valence-corrected chi connectivity index (χ2v) is 7.19. The highest BCUT2D eigenvalue weighted by molar-refractivity contribution is 6.42. The molecule has 0 fully saturated rings. The van der Waals surface area contributed by atoms with Crippen molar-refractivity contribution in [1.82, 2.24) is 4.90 Å². The van der Waals surface area contributed by atoms with Gasteiger partial charge in [0.2, 0.25) is 0 Å². The Balaban J connectivity index is 0.00000288. The van der Waals surface area contributed by atoms with Crippen LogP contribution >= 0.6 is 35.6 Å². The van der Waals surface area contributed by atoms with Gasteiger partial charge in [0.15, 0.2) is 0 Å². The molecule has 0 spiro atoms. The van der Waals surface area contributed by atoms with Crippen LogP contribution in [-0.2, 0) is 11.3 Å². The highest BCUT2D eigenvalue weighted by atomic mass is 35.5. The van der Waals surface area contributed by atoms with Gasteiger partial charge in [0.1, 0.15) is 5.76 Å². The second-order valence-electron chi connectivity index (χ2n) is 6.38. The van der Waals surface area contributed by atoms with Crippen molar-refractivity contribution < 1.29 is 4.74 Å². The van der Waals surface area contributed by atoms with Gasteiger partial charge in [-0.25, -0.2) is 0 Å². The number of fused-ring (bicyclic) bond motifs is 1. The van der Waals surface area contributed by atoms with Gasteiger partial charge in [0.25, 0.3) is 0 Å². The predicted octanol–water partition coefficient (Wildman–Crippen LogP) is 5.33. The first-order chi connectivity index (χ1) is 11.0. The molecule has 2 N–H and O–H groups in total. The van der Waals surface area contributed by atoms with Crippen LogP contribution in [0.15, 0.2) is 17.8 Å². The van der Waals surface area contributed by atoms with Crippen LogP contribution in [0.4, 0.5) is 0 Å². The van der Waals surface area contributed by atoms with Gasteiger partial charge in [-0.2, -0.15) is 0 Å². The molecule has 6 heteroatoms. The number of unbranched alkanes of at least 4 members (excludes halogenated alkanes) is 1. The Labute approximate surface area is 161 Å². The van der Waals surface area contributed by atoms with Crippen LogP contribution in [0.2, 0.25) is 10.0 Å². The maximum absolute atomic E-state index is 6.23. The zero-order valence-corrected chi connectivity index (χ0v) is 16.9. The first-order valence-electron chi connectivity index (χ1n) is 8.27. The highest BCUT2D eigenvalue weighted by Gasteiger charge is 2.26. The van der Waals surface area contributed by atoms with Gasteiger partial charge in [0.05, 0.1) is 22.3 Å². The van der Waals surface area contributed by atoms with E-state index in [-0.39, 0.29) is 12.4 Å². The number of halogens is 3. The molecule has 1 aromatic carbocycles. The maximum atomic E-state index is 6.23. The predicted molar refractivity (Wildman–Crippen MR) is 106 cm³/mol. The standard InChI is InChI=1S/C18H26Cl2N2O.ClH/c1-4-5-6-23-18-14-8-16(20)15(19)7-13(14)11-22(10-12(2)3)17(18)9-21;/h7-8,12H,4-6,9-11,21H2,1-3H3;1H. The van der Waals surface area contributed by atoms with Crippen LogP contribution < -0.4 is 5.73 Å². The molecule has 0 saturated carbocycles. The molecule has 136 valence electrons. The topological polar surface area (TPSA) is 38.5 Å². The van der Waals surface area contributed by atoms with Gasteiger partial charge < -0.3 is 15.4 Å². The van der Waals surface area contributed by atoms with E-state index in [0.29, 0.717) is 29.1 Å². The summed E-state index contributed by atoms with van der Waals surface area (Å²) in [4.78, 5) is 2.30. The second kappa shape index (κ2) is 9.76. The van der Waals surface area contributed by atoms with E-state index in [0.717, 1.165) is 48.5 Å². The van der Waals surface area contributed by atoms with Crippen molar-refractivity contribution in [2.45, 2.75) is 40.2 Å². The maximum Gasteiger partial charge on any atom is 0.147 e. The first-order valence-corrected chi connectivity index (χ1v) is 9.02. The fourth-order valence-corrected chi connectivity index (χ4v) is 3.20. The zero-order valence-electron chi connectivity index (χ0n) is 14.6. The van der Waals surface area contributed by atoms with Crippen LogP contribution in [0.1, 0.15) is 44.7 Å². The summed E-state index contributed by atoms with van der Waals surface area (Å²) in [5.41, 5.74) is 9.27. The Bertz CT molecular complexity index is 588. The van der Waals surface area contributed by atoms with Crippen molar-refractivity contribution in [3.8, 4) is 0 Å². The molecular weight excluding hydrogens is 367 g/mol. The largest absolute Gasteiger partial charge is 0.491 e. The monoisotopic (exact) mass is 392 g/mol. The first kappa shape index (κ1) is 21.4. The van der Waals surface area contributed by atoms with Crippen molar-refractivity contribution in [3.63, 3.8) is 0 Å². The smallest absolute Gasteiger partial charge is 0.147 e. The Morgan fingerprint density at radius 2 is 1.92 bits per heavy atom. The Morgan fingerprint density at radius 3 is 2.50 bits per heavy atom. The van der Waals surface area contributed by atoms with Gasteiger partial charge in [-0.05, 0) is 30.0 Å². The molecule has 0 radical (unpaired) electrons. The normalized spacial score (nSPS) is 13.9. The van der Waals surface area contributed by atoms with Crippen molar-refractivity contribution >= 4 is 41.4 Å². The van der Waals surface area contributed by atoms with E-state index < -0.39 is 0 Å². The summed E-state index contributed by atoms with van der Waals surface area (Å²) in [6, 6.07) is 3.85. The highest BCUT2D eigenvalue weighted by Crippen LogP contribution is 2.37. The summed E-state index contributed by atoms with van der Waals surface area (Å²) in [6.45, 7) is 9.42. The molecule has 0 aromatic heterocycles. The van der Waals surface area contributed by atoms with Crippen molar-refractivity contribution in [1.29, 1.82) is 0 Å². The number of benzene rings is 1. The van der Waals surface area contributed by atoms with E-state index in [2.05, 4.69) is 25.7 Å². The quantitative estimate of drug-likeness (QED) is 0.636. The fourth-order valence-electron chi connectivity index (χ4n) is 2.85. The Morgan fingerprint density at radius 1 is 1.25 bits per heavy atom. The Kier molecular flexibility index (Phi) is 8.72. The molecule has 2 rings (SSSR count). The van der Waals surface area contributed by atoms with E-state index in [1.807, 2.05) is 12.1 Å². The van der Waals surface area contributed by atoms with E-state index in [1.165, 1.54) is 0 Å². The van der Waals surface area contributed by atoms with E-state index >= 15 is 0 Å². The molecular formula is C18H27Cl3N2O. The number of hydrogen-bond acceptors (Lipinski definition) is 3. The van der Waals surface area contributed by atoms with Crippen LogP contribution in [0.25, 0.3) is 5.76 Å². The molecule has 0 saturated heterocycles. The molecule has 0 aliphatic carbocycles. The summed E-state index contributed by atoms with van der Waals surface area (Å²) in [5, 5.41) is 1.13. The number of rotatable bonds is 7. The number of nitrogens with two attached hydrogens (primary N) is 1. The molecule has 0 bridgehead atoms. The molecule has 1 heterocycles. The third kappa shape index (κ3) is 4.95. The number of ether oxygens (including phenoxy) is 1. The average Bonchev–Trinajstić information content (AvgIpc) is 2.49. The lowest BCUT2D eigenvalue weighted by Gasteiger charge is -2.35. The third-order valence-electron chi connectivity index (χ3n) is 3.92. The van der Waals surface area contributed by atoms with Gasteiger partial charge in [-0.15, -0.1) is 12.4 Å². The lowest BCUT2D eigenvalue weighted by atomic mass is 9.98. The van der Waals surface area contributed by atoms with Gasteiger partial charge in [0, 0.05) is 25.2 Å². The number of nitrogens with zero attached hydrogens (tertiary/aromatic N) is 1. The zero-order chi connectivity index (χ0) is 17.0. The third-order valence-corrected chi connectivity index (χ3v) is 4.64. The van der Waals surface area contributed by atoms with Crippen LogP contribution in [0, 0.1) is 5.92 Å². The van der Waals surface area contributed by atoms with Crippen molar-refractivity contribution in [3.05, 3.63) is 39.0 Å². The molecule has 0 amide bonds. The van der Waals surface area contributed by atoms with Crippen molar-refractivity contribution in [2.75, 3.05) is 19.7 Å². The summed E-state index contributed by atoms with van der Waals surface area (Å²) < 4.78 is 6.12. The molecule has 3 nitrogen and oxygen atoms in total. The average molecular weight is 394 g/mol. The van der Waals surface area contributed by atoms with E-state index in [4.69, 9.17) is 33.7 Å². The number of hydrogen-bond donors (Lipinski definition) is 1. The van der Waals surface area contributed by atoms with Gasteiger partial charge >= 0.3 is 0 Å². The lowest BCUT2D eigenvalue weighted by molar-refractivity contribution is 0.232. The summed E-state index contributed by atoms with van der Waals surface area (Å²) >= 11 is 12.4. The molecule has 1 aromatic rings. The van der Waals surface area contributed by atoms with Gasteiger partial charge in [-0.3, -0.25) is 0 Å². The fraction of sp³-hybridized carbons (Fsp3) is 0.556. The lowest BCUT2D eigenvalue weighted by Crippen LogP contribution is -2.34. The van der Waals surface area contributed by atoms with Crippen LogP contribution in [-0.4, -0.2) is 24.6 Å². The molecule has 0 unspecified atom stereocenters. The van der Waals surface area contributed by atoms with E-state index in [1.54, 1.807) is 0 Å². The molecule has 1 aliphatic rings. The SMILES string of the molecule is CCCCOC1=C(CN)N(CC(C)C)Cc2cc(Cl)c(Cl)cc21.Cl. The minimum Gasteiger partial charge on any atom is -0.491 e. The molecule has 0 atom stereocenters.